The summed E-state index contributed by atoms with van der Waals surface area (Å²) >= 11 is 3.86. The summed E-state index contributed by atoms with van der Waals surface area (Å²) in [7, 11) is 0. The Bertz CT molecular complexity index is 542. The highest BCUT2D eigenvalue weighted by Gasteiger charge is 2.14. The van der Waals surface area contributed by atoms with Crippen molar-refractivity contribution in [2.75, 3.05) is 5.73 Å². The molecule has 2 aromatic rings. The Balaban J connectivity index is 1.60. The van der Waals surface area contributed by atoms with Crippen LogP contribution in [-0.2, 0) is 5.75 Å². The number of aromatic nitrogens is 1. The number of benzene rings is 1. The third-order valence-corrected chi connectivity index (χ3v) is 6.17. The van der Waals surface area contributed by atoms with Crippen LogP contribution in [0.3, 0.4) is 0 Å². The molecule has 0 atom stereocenters. The summed E-state index contributed by atoms with van der Waals surface area (Å²) in [5, 5.41) is 4.25. The molecule has 1 fully saturated rings. The van der Waals surface area contributed by atoms with Crippen LogP contribution < -0.4 is 5.73 Å². The van der Waals surface area contributed by atoms with Crippen molar-refractivity contribution in [2.24, 2.45) is 0 Å². The summed E-state index contributed by atoms with van der Waals surface area (Å²) in [5.41, 5.74) is 8.76. The molecule has 1 aliphatic carbocycles. The van der Waals surface area contributed by atoms with Gasteiger partial charge in [-0.1, -0.05) is 31.4 Å². The van der Waals surface area contributed by atoms with Crippen LogP contribution in [-0.4, -0.2) is 10.2 Å². The van der Waals surface area contributed by atoms with Crippen LogP contribution in [0.25, 0.3) is 11.3 Å². The quantitative estimate of drug-likeness (QED) is 0.812. The van der Waals surface area contributed by atoms with E-state index in [2.05, 4.69) is 17.1 Å². The lowest BCUT2D eigenvalue weighted by molar-refractivity contribution is 0.516. The van der Waals surface area contributed by atoms with Gasteiger partial charge in [-0.25, -0.2) is 4.98 Å². The topological polar surface area (TPSA) is 38.9 Å². The molecule has 0 radical (unpaired) electrons. The predicted octanol–water partition coefficient (Wildman–Crippen LogP) is 4.96. The molecule has 0 bridgehead atoms. The van der Waals surface area contributed by atoms with Gasteiger partial charge in [-0.2, -0.15) is 11.8 Å². The van der Waals surface area contributed by atoms with E-state index < -0.39 is 0 Å². The molecule has 0 aliphatic heterocycles. The normalized spacial score (nSPS) is 16.4. The first-order valence-electron chi connectivity index (χ1n) is 7.23. The van der Waals surface area contributed by atoms with Crippen molar-refractivity contribution in [3.8, 4) is 11.3 Å². The molecule has 4 heteroatoms. The van der Waals surface area contributed by atoms with Gasteiger partial charge in [0.1, 0.15) is 5.01 Å². The summed E-state index contributed by atoms with van der Waals surface area (Å²) < 4.78 is 0. The summed E-state index contributed by atoms with van der Waals surface area (Å²) in [4.78, 5) is 4.75. The minimum absolute atomic E-state index is 0.803. The highest BCUT2D eigenvalue weighted by Crippen LogP contribution is 2.32. The van der Waals surface area contributed by atoms with Crippen molar-refractivity contribution in [3.05, 3.63) is 34.7 Å². The number of anilines is 1. The van der Waals surface area contributed by atoms with E-state index in [0.717, 1.165) is 27.9 Å². The summed E-state index contributed by atoms with van der Waals surface area (Å²) in [6.07, 6.45) is 7.02. The van der Waals surface area contributed by atoms with E-state index in [-0.39, 0.29) is 0 Å². The Morgan fingerprint density at radius 1 is 1.15 bits per heavy atom. The van der Waals surface area contributed by atoms with Gasteiger partial charge in [0.2, 0.25) is 0 Å². The Morgan fingerprint density at radius 3 is 2.65 bits per heavy atom. The molecule has 0 unspecified atom stereocenters. The summed E-state index contributed by atoms with van der Waals surface area (Å²) in [6.45, 7) is 0. The number of nitrogens with zero attached hydrogens (tertiary/aromatic N) is 1. The fourth-order valence-electron chi connectivity index (χ4n) is 2.58. The van der Waals surface area contributed by atoms with Gasteiger partial charge in [-0.3, -0.25) is 0 Å². The zero-order valence-electron chi connectivity index (χ0n) is 11.5. The second kappa shape index (κ2) is 6.64. The van der Waals surface area contributed by atoms with E-state index in [0.29, 0.717) is 0 Å². The highest BCUT2D eigenvalue weighted by atomic mass is 32.2. The number of thiazole rings is 1. The number of nitrogens with two attached hydrogens (primary N) is 1. The standard InChI is InChI=1S/C16H20N2S2/c17-13-8-6-12(7-9-13)15-10-20-16(18-15)11-19-14-4-2-1-3-5-14/h6-10,14H,1-5,11,17H2. The minimum atomic E-state index is 0.803. The molecular weight excluding hydrogens is 284 g/mol. The average Bonchev–Trinajstić information content (AvgIpc) is 2.96. The molecule has 0 amide bonds. The predicted molar refractivity (Wildman–Crippen MR) is 90.1 cm³/mol. The molecule has 2 nitrogen and oxygen atoms in total. The molecular formula is C16H20N2S2. The lowest BCUT2D eigenvalue weighted by Gasteiger charge is -2.20. The molecule has 1 saturated carbocycles. The van der Waals surface area contributed by atoms with Crippen LogP contribution in [0.4, 0.5) is 5.69 Å². The van der Waals surface area contributed by atoms with Crippen molar-refractivity contribution in [2.45, 2.75) is 43.1 Å². The monoisotopic (exact) mass is 304 g/mol. The van der Waals surface area contributed by atoms with Crippen LogP contribution in [0.2, 0.25) is 0 Å². The lowest BCUT2D eigenvalue weighted by Crippen LogP contribution is -2.08. The Morgan fingerprint density at radius 2 is 1.90 bits per heavy atom. The lowest BCUT2D eigenvalue weighted by atomic mass is 10.0. The van der Waals surface area contributed by atoms with Gasteiger partial charge in [0.05, 0.1) is 5.69 Å². The maximum absolute atomic E-state index is 5.72. The SMILES string of the molecule is Nc1ccc(-c2csc(CSC3CCCCC3)n2)cc1. The third-order valence-electron chi connectivity index (χ3n) is 3.75. The van der Waals surface area contributed by atoms with E-state index in [1.165, 1.54) is 37.1 Å². The second-order valence-corrected chi connectivity index (χ2v) is 7.55. The molecule has 2 N–H and O–H groups in total. The van der Waals surface area contributed by atoms with Crippen LogP contribution in [0.1, 0.15) is 37.1 Å². The maximum Gasteiger partial charge on any atom is 0.103 e. The van der Waals surface area contributed by atoms with Gasteiger partial charge in [0.25, 0.3) is 0 Å². The van der Waals surface area contributed by atoms with E-state index in [1.54, 1.807) is 11.3 Å². The Kier molecular flexibility index (Phi) is 4.63. The number of nitrogen functional groups attached to an aromatic ring is 1. The third kappa shape index (κ3) is 3.55. The van der Waals surface area contributed by atoms with Crippen molar-refractivity contribution in [3.63, 3.8) is 0 Å². The van der Waals surface area contributed by atoms with Crippen LogP contribution >= 0.6 is 23.1 Å². The minimum Gasteiger partial charge on any atom is -0.399 e. The molecule has 0 spiro atoms. The van der Waals surface area contributed by atoms with E-state index in [1.807, 2.05) is 24.3 Å². The first kappa shape index (κ1) is 14.0. The van der Waals surface area contributed by atoms with Gasteiger partial charge in [-0.15, -0.1) is 11.3 Å². The summed E-state index contributed by atoms with van der Waals surface area (Å²) in [6, 6.07) is 7.96. The molecule has 1 heterocycles. The van der Waals surface area contributed by atoms with Gasteiger partial charge in [0, 0.05) is 27.6 Å². The fourth-order valence-corrected chi connectivity index (χ4v) is 4.76. The molecule has 1 aromatic heterocycles. The van der Waals surface area contributed by atoms with Crippen molar-refractivity contribution < 1.29 is 0 Å². The average molecular weight is 304 g/mol. The van der Waals surface area contributed by atoms with Crippen LogP contribution in [0, 0.1) is 0 Å². The molecule has 20 heavy (non-hydrogen) atoms. The smallest absolute Gasteiger partial charge is 0.103 e. The summed E-state index contributed by atoms with van der Waals surface area (Å²) in [5.74, 6) is 1.06. The Labute approximate surface area is 128 Å². The molecule has 0 saturated heterocycles. The van der Waals surface area contributed by atoms with Crippen molar-refractivity contribution in [1.82, 2.24) is 4.98 Å². The Hall–Kier alpha value is -1.00. The number of rotatable bonds is 4. The fraction of sp³-hybridized carbons (Fsp3) is 0.438. The number of hydrogen-bond acceptors (Lipinski definition) is 4. The van der Waals surface area contributed by atoms with Crippen molar-refractivity contribution >= 4 is 28.8 Å². The highest BCUT2D eigenvalue weighted by molar-refractivity contribution is 7.99. The number of thioether (sulfide) groups is 1. The molecule has 106 valence electrons. The first-order chi connectivity index (χ1) is 9.81. The number of hydrogen-bond donors (Lipinski definition) is 1. The van der Waals surface area contributed by atoms with Crippen LogP contribution in [0.5, 0.6) is 0 Å². The maximum atomic E-state index is 5.72. The van der Waals surface area contributed by atoms with Gasteiger partial charge < -0.3 is 5.73 Å². The van der Waals surface area contributed by atoms with Gasteiger partial charge >= 0.3 is 0 Å². The van der Waals surface area contributed by atoms with Gasteiger partial charge in [0.15, 0.2) is 0 Å². The van der Waals surface area contributed by atoms with Gasteiger partial charge in [-0.05, 0) is 25.0 Å². The van der Waals surface area contributed by atoms with E-state index in [4.69, 9.17) is 10.7 Å². The zero-order valence-corrected chi connectivity index (χ0v) is 13.2. The molecule has 1 aromatic carbocycles. The molecule has 1 aliphatic rings. The largest absolute Gasteiger partial charge is 0.399 e. The second-order valence-electron chi connectivity index (χ2n) is 5.32. The first-order valence-corrected chi connectivity index (χ1v) is 9.16. The van der Waals surface area contributed by atoms with Crippen molar-refractivity contribution in [1.29, 1.82) is 0 Å². The zero-order chi connectivity index (χ0) is 13.8. The van der Waals surface area contributed by atoms with Crippen LogP contribution in [0.15, 0.2) is 29.6 Å². The van der Waals surface area contributed by atoms with E-state index >= 15 is 0 Å². The van der Waals surface area contributed by atoms with E-state index in [9.17, 15) is 0 Å². The molecule has 3 rings (SSSR count).